The molecular formula is C28H26N2O5S. The van der Waals surface area contributed by atoms with Crippen LogP contribution in [0, 0.1) is 0 Å². The van der Waals surface area contributed by atoms with Gasteiger partial charge in [-0.25, -0.2) is 13.1 Å². The molecule has 4 aromatic carbocycles. The molecule has 0 unspecified atom stereocenters. The first-order valence-electron chi connectivity index (χ1n) is 11.5. The Bertz CT molecular complexity index is 1510. The van der Waals surface area contributed by atoms with Crippen LogP contribution in [0.25, 0.3) is 10.8 Å². The van der Waals surface area contributed by atoms with E-state index in [0.717, 1.165) is 16.3 Å². The number of benzene rings is 4. The first-order valence-corrected chi connectivity index (χ1v) is 13.0. The number of sulfonamides is 1. The Morgan fingerprint density at radius 3 is 2.42 bits per heavy atom. The topological polar surface area (TPSA) is 102 Å². The molecule has 4 rings (SSSR count). The molecular weight excluding hydrogens is 476 g/mol. The fourth-order valence-corrected chi connectivity index (χ4v) is 4.97. The van der Waals surface area contributed by atoms with Crippen LogP contribution in [0.5, 0.6) is 5.75 Å². The van der Waals surface area contributed by atoms with E-state index in [1.807, 2.05) is 47.2 Å². The molecule has 0 heterocycles. The summed E-state index contributed by atoms with van der Waals surface area (Å²) in [6.07, 6.45) is 0.595. The van der Waals surface area contributed by atoms with Gasteiger partial charge >= 0.3 is 0 Å². The van der Waals surface area contributed by atoms with Gasteiger partial charge in [-0.2, -0.15) is 0 Å². The quantitative estimate of drug-likeness (QED) is 0.324. The van der Waals surface area contributed by atoms with E-state index in [2.05, 4.69) is 5.32 Å². The molecule has 0 aliphatic carbocycles. The van der Waals surface area contributed by atoms with Gasteiger partial charge in [0.1, 0.15) is 17.3 Å². The van der Waals surface area contributed by atoms with E-state index in [1.165, 1.54) is 18.2 Å². The molecule has 2 N–H and O–H groups in total. The molecule has 0 radical (unpaired) electrons. The van der Waals surface area contributed by atoms with Gasteiger partial charge in [0.2, 0.25) is 5.91 Å². The summed E-state index contributed by atoms with van der Waals surface area (Å²) in [5.41, 5.74) is 1.39. The maximum absolute atomic E-state index is 13.0. The number of hydrogen-bond donors (Lipinski definition) is 2. The number of nitrogens with one attached hydrogen (secondary N) is 2. The lowest BCUT2D eigenvalue weighted by atomic mass is 10.1. The van der Waals surface area contributed by atoms with Crippen LogP contribution in [0.1, 0.15) is 35.7 Å². The number of carbonyl (C=O) groups is 2. The average molecular weight is 503 g/mol. The van der Waals surface area contributed by atoms with E-state index >= 15 is 0 Å². The van der Waals surface area contributed by atoms with Gasteiger partial charge in [-0.15, -0.1) is 0 Å². The fourth-order valence-electron chi connectivity index (χ4n) is 3.79. The van der Waals surface area contributed by atoms with Crippen LogP contribution in [0.15, 0.2) is 95.9 Å². The van der Waals surface area contributed by atoms with Crippen molar-refractivity contribution < 1.29 is 22.7 Å². The van der Waals surface area contributed by atoms with Gasteiger partial charge in [0.05, 0.1) is 5.69 Å². The van der Waals surface area contributed by atoms with Gasteiger partial charge < -0.3 is 10.1 Å². The molecule has 8 heteroatoms. The Labute approximate surface area is 210 Å². The van der Waals surface area contributed by atoms with Crippen LogP contribution in [-0.2, 0) is 21.4 Å². The standard InChI is InChI=1S/C28H26N2O5S/c1-2-9-27(31)30-36(33,34)26-17-6-5-16-25(26)29-28(32)21-12-8-14-23(18-21)35-19-22-13-7-11-20-10-3-4-15-24(20)22/h3-8,10-18H,2,9,19H2,1H3,(H,29,32)(H,30,31). The van der Waals surface area contributed by atoms with Crippen molar-refractivity contribution in [3.63, 3.8) is 0 Å². The molecule has 0 saturated heterocycles. The van der Waals surface area contributed by atoms with Gasteiger partial charge in [0, 0.05) is 12.0 Å². The van der Waals surface area contributed by atoms with Crippen molar-refractivity contribution >= 4 is 38.3 Å². The minimum absolute atomic E-state index is 0.0707. The number of fused-ring (bicyclic) bond motifs is 1. The van der Waals surface area contributed by atoms with Gasteiger partial charge in [0.15, 0.2) is 0 Å². The predicted octanol–water partition coefficient (Wildman–Crippen LogP) is 5.28. The molecule has 0 aliphatic rings. The molecule has 0 saturated carbocycles. The number of ether oxygens (including phenoxy) is 1. The summed E-state index contributed by atoms with van der Waals surface area (Å²) in [6, 6.07) is 26.6. The Morgan fingerprint density at radius 1 is 0.861 bits per heavy atom. The highest BCUT2D eigenvalue weighted by molar-refractivity contribution is 7.90. The summed E-state index contributed by atoms with van der Waals surface area (Å²) >= 11 is 0. The minimum atomic E-state index is -4.14. The normalized spacial score (nSPS) is 11.1. The van der Waals surface area contributed by atoms with Crippen molar-refractivity contribution in [2.45, 2.75) is 31.3 Å². The zero-order valence-electron chi connectivity index (χ0n) is 19.7. The number of hydrogen-bond acceptors (Lipinski definition) is 5. The van der Waals surface area contributed by atoms with Gasteiger partial charge in [-0.3, -0.25) is 9.59 Å². The second-order valence-corrected chi connectivity index (χ2v) is 9.83. The Kier molecular flexibility index (Phi) is 7.65. The van der Waals surface area contributed by atoms with E-state index in [0.29, 0.717) is 24.3 Å². The van der Waals surface area contributed by atoms with Crippen LogP contribution < -0.4 is 14.8 Å². The molecule has 7 nitrogen and oxygen atoms in total. The molecule has 0 atom stereocenters. The van der Waals surface area contributed by atoms with E-state index in [4.69, 9.17) is 4.74 Å². The molecule has 184 valence electrons. The van der Waals surface area contributed by atoms with Gasteiger partial charge in [0.25, 0.3) is 15.9 Å². The first kappa shape index (κ1) is 24.9. The first-order chi connectivity index (χ1) is 17.4. The highest BCUT2D eigenvalue weighted by Gasteiger charge is 2.22. The van der Waals surface area contributed by atoms with Crippen molar-refractivity contribution in [3.8, 4) is 5.75 Å². The molecule has 0 aromatic heterocycles. The molecule has 0 bridgehead atoms. The monoisotopic (exact) mass is 502 g/mol. The van der Waals surface area contributed by atoms with Crippen LogP contribution >= 0.6 is 0 Å². The third-order valence-corrected chi connectivity index (χ3v) is 6.95. The summed E-state index contributed by atoms with van der Waals surface area (Å²) in [5, 5.41) is 4.85. The third-order valence-electron chi connectivity index (χ3n) is 5.52. The van der Waals surface area contributed by atoms with E-state index in [-0.39, 0.29) is 17.0 Å². The van der Waals surface area contributed by atoms with Crippen molar-refractivity contribution in [1.29, 1.82) is 0 Å². The highest BCUT2D eigenvalue weighted by Crippen LogP contribution is 2.24. The van der Waals surface area contributed by atoms with Crippen molar-refractivity contribution in [1.82, 2.24) is 4.72 Å². The van der Waals surface area contributed by atoms with Gasteiger partial charge in [-0.05, 0) is 53.1 Å². The fraction of sp³-hybridized carbons (Fsp3) is 0.143. The zero-order chi connectivity index (χ0) is 25.5. The maximum atomic E-state index is 13.0. The maximum Gasteiger partial charge on any atom is 0.266 e. The minimum Gasteiger partial charge on any atom is -0.489 e. The number of amides is 2. The lowest BCUT2D eigenvalue weighted by molar-refractivity contribution is -0.119. The summed E-state index contributed by atoms with van der Waals surface area (Å²) in [7, 11) is -4.14. The SMILES string of the molecule is CCCC(=O)NS(=O)(=O)c1ccccc1NC(=O)c1cccc(OCc2cccc3ccccc23)c1. The average Bonchev–Trinajstić information content (AvgIpc) is 2.87. The number of carbonyl (C=O) groups excluding carboxylic acids is 2. The second kappa shape index (κ2) is 11.0. The number of rotatable bonds is 9. The smallest absolute Gasteiger partial charge is 0.266 e. The molecule has 2 amide bonds. The van der Waals surface area contributed by atoms with E-state index < -0.39 is 21.8 Å². The molecule has 36 heavy (non-hydrogen) atoms. The van der Waals surface area contributed by atoms with Crippen LogP contribution in [0.4, 0.5) is 5.69 Å². The summed E-state index contributed by atoms with van der Waals surface area (Å²) in [6.45, 7) is 2.10. The predicted molar refractivity (Wildman–Crippen MR) is 139 cm³/mol. The second-order valence-electron chi connectivity index (χ2n) is 8.18. The van der Waals surface area contributed by atoms with Crippen molar-refractivity contribution in [3.05, 3.63) is 102 Å². The highest BCUT2D eigenvalue weighted by atomic mass is 32.2. The molecule has 0 fully saturated rings. The summed E-state index contributed by atoms with van der Waals surface area (Å²) in [4.78, 5) is 24.7. The third kappa shape index (κ3) is 5.90. The van der Waals surface area contributed by atoms with E-state index in [1.54, 1.807) is 37.3 Å². The summed E-state index contributed by atoms with van der Waals surface area (Å²) in [5.74, 6) is -0.605. The zero-order valence-corrected chi connectivity index (χ0v) is 20.5. The van der Waals surface area contributed by atoms with Crippen LogP contribution in [0.2, 0.25) is 0 Å². The van der Waals surface area contributed by atoms with E-state index in [9.17, 15) is 18.0 Å². The number of anilines is 1. The molecule has 0 aliphatic heterocycles. The van der Waals surface area contributed by atoms with Crippen molar-refractivity contribution in [2.75, 3.05) is 5.32 Å². The van der Waals surface area contributed by atoms with Crippen molar-refractivity contribution in [2.24, 2.45) is 0 Å². The van der Waals surface area contributed by atoms with Crippen LogP contribution in [0.3, 0.4) is 0 Å². The Balaban J connectivity index is 1.49. The molecule has 0 spiro atoms. The Hall–Kier alpha value is -4.17. The lowest BCUT2D eigenvalue weighted by Crippen LogP contribution is -2.31. The summed E-state index contributed by atoms with van der Waals surface area (Å²) < 4.78 is 33.4. The molecule has 4 aromatic rings. The van der Waals surface area contributed by atoms with Gasteiger partial charge in [-0.1, -0.05) is 67.6 Å². The number of para-hydroxylation sites is 1. The Morgan fingerprint density at radius 2 is 1.58 bits per heavy atom. The lowest BCUT2D eigenvalue weighted by Gasteiger charge is -2.13. The largest absolute Gasteiger partial charge is 0.489 e. The van der Waals surface area contributed by atoms with Crippen LogP contribution in [-0.4, -0.2) is 20.2 Å².